The van der Waals surface area contributed by atoms with Crippen LogP contribution in [0.2, 0.25) is 0 Å². The van der Waals surface area contributed by atoms with E-state index in [1.807, 2.05) is 6.92 Å². The zero-order chi connectivity index (χ0) is 10.8. The van der Waals surface area contributed by atoms with Crippen LogP contribution in [0.5, 0.6) is 0 Å². The molecule has 1 aromatic rings. The van der Waals surface area contributed by atoms with Gasteiger partial charge in [0.1, 0.15) is 0 Å². The van der Waals surface area contributed by atoms with Crippen LogP contribution < -0.4 is 5.11 Å². The lowest BCUT2D eigenvalue weighted by atomic mass is 10.2. The van der Waals surface area contributed by atoms with Crippen LogP contribution in [0, 0.1) is 6.92 Å². The standard InChI is InChI=1S/C9H10O4S/c1-7-2-4-8(5-3-7)14(12,13)6-9(10)11/h2-5H,6H2,1H3,(H,10,11)/p-1. The van der Waals surface area contributed by atoms with Crippen molar-refractivity contribution in [3.05, 3.63) is 29.8 Å². The molecule has 0 radical (unpaired) electrons. The third-order valence-corrected chi connectivity index (χ3v) is 3.29. The van der Waals surface area contributed by atoms with Crippen molar-refractivity contribution in [3.63, 3.8) is 0 Å². The topological polar surface area (TPSA) is 74.3 Å². The minimum atomic E-state index is -3.74. The van der Waals surface area contributed by atoms with E-state index in [1.54, 1.807) is 12.1 Å². The molecule has 0 spiro atoms. The van der Waals surface area contributed by atoms with E-state index in [-0.39, 0.29) is 4.90 Å². The Kier molecular flexibility index (Phi) is 2.90. The van der Waals surface area contributed by atoms with Gasteiger partial charge in [0.05, 0.1) is 16.6 Å². The minimum Gasteiger partial charge on any atom is -0.549 e. The van der Waals surface area contributed by atoms with Crippen molar-refractivity contribution in [2.45, 2.75) is 11.8 Å². The maximum absolute atomic E-state index is 11.3. The highest BCUT2D eigenvalue weighted by Gasteiger charge is 2.13. The Bertz CT molecular complexity index is 430. The zero-order valence-electron chi connectivity index (χ0n) is 7.56. The zero-order valence-corrected chi connectivity index (χ0v) is 8.37. The molecule has 0 bridgehead atoms. The number of carboxylic acids is 1. The number of aliphatic carboxylic acids is 1. The van der Waals surface area contributed by atoms with Crippen LogP contribution in [0.4, 0.5) is 0 Å². The number of aryl methyl sites for hydroxylation is 1. The van der Waals surface area contributed by atoms with Crippen molar-refractivity contribution in [2.75, 3.05) is 5.75 Å². The Morgan fingerprint density at radius 3 is 2.21 bits per heavy atom. The van der Waals surface area contributed by atoms with E-state index in [2.05, 4.69) is 0 Å². The third kappa shape index (κ3) is 2.56. The van der Waals surface area contributed by atoms with E-state index in [4.69, 9.17) is 0 Å². The second kappa shape index (κ2) is 3.79. The summed E-state index contributed by atoms with van der Waals surface area (Å²) in [5, 5.41) is 10.2. The van der Waals surface area contributed by atoms with Crippen molar-refractivity contribution in [2.24, 2.45) is 0 Å². The second-order valence-electron chi connectivity index (χ2n) is 2.94. The lowest BCUT2D eigenvalue weighted by Crippen LogP contribution is -2.30. The quantitative estimate of drug-likeness (QED) is 0.679. The third-order valence-electron chi connectivity index (χ3n) is 1.69. The van der Waals surface area contributed by atoms with Gasteiger partial charge in [0, 0.05) is 0 Å². The van der Waals surface area contributed by atoms with Gasteiger partial charge in [-0.1, -0.05) is 17.7 Å². The van der Waals surface area contributed by atoms with E-state index in [0.717, 1.165) is 5.56 Å². The summed E-state index contributed by atoms with van der Waals surface area (Å²) in [5.74, 6) is -2.57. The lowest BCUT2D eigenvalue weighted by molar-refractivity contribution is -0.301. The van der Waals surface area contributed by atoms with Gasteiger partial charge < -0.3 is 9.90 Å². The van der Waals surface area contributed by atoms with Gasteiger partial charge in [-0.15, -0.1) is 0 Å². The van der Waals surface area contributed by atoms with Gasteiger partial charge in [-0.25, -0.2) is 8.42 Å². The molecule has 0 fully saturated rings. The van der Waals surface area contributed by atoms with Crippen LogP contribution in [0.1, 0.15) is 5.56 Å². The van der Waals surface area contributed by atoms with Crippen LogP contribution in [0.25, 0.3) is 0 Å². The fourth-order valence-electron chi connectivity index (χ4n) is 0.984. The molecular formula is C9H9O4S-. The predicted octanol–water partition coefficient (Wildman–Crippen LogP) is -0.481. The molecule has 0 N–H and O–H groups in total. The molecule has 5 heteroatoms. The van der Waals surface area contributed by atoms with Gasteiger partial charge in [0.2, 0.25) is 0 Å². The van der Waals surface area contributed by atoms with Crippen LogP contribution in [0.3, 0.4) is 0 Å². The summed E-state index contributed by atoms with van der Waals surface area (Å²) in [6, 6.07) is 5.99. The highest BCUT2D eigenvalue weighted by molar-refractivity contribution is 7.92. The minimum absolute atomic E-state index is 0.00676. The van der Waals surface area contributed by atoms with Crippen molar-refractivity contribution in [3.8, 4) is 0 Å². The Morgan fingerprint density at radius 2 is 1.79 bits per heavy atom. The molecule has 0 atom stereocenters. The van der Waals surface area contributed by atoms with E-state index in [9.17, 15) is 18.3 Å². The summed E-state index contributed by atoms with van der Waals surface area (Å²) in [4.78, 5) is 10.2. The van der Waals surface area contributed by atoms with Crippen molar-refractivity contribution < 1.29 is 18.3 Å². The van der Waals surface area contributed by atoms with Crippen LogP contribution in [-0.4, -0.2) is 20.1 Å². The molecule has 14 heavy (non-hydrogen) atoms. The fraction of sp³-hybridized carbons (Fsp3) is 0.222. The molecule has 76 valence electrons. The monoisotopic (exact) mass is 213 g/mol. The molecule has 0 saturated heterocycles. The van der Waals surface area contributed by atoms with Crippen molar-refractivity contribution in [1.82, 2.24) is 0 Å². The largest absolute Gasteiger partial charge is 0.549 e. The number of carbonyl (C=O) groups is 1. The first-order valence-corrected chi connectivity index (χ1v) is 5.56. The first-order valence-electron chi connectivity index (χ1n) is 3.91. The summed E-state index contributed by atoms with van der Waals surface area (Å²) in [6.45, 7) is 1.81. The fourth-order valence-corrected chi connectivity index (χ4v) is 2.01. The van der Waals surface area contributed by atoms with Gasteiger partial charge in [-0.05, 0) is 19.1 Å². The first kappa shape index (κ1) is 10.7. The van der Waals surface area contributed by atoms with E-state index in [1.165, 1.54) is 12.1 Å². The average Bonchev–Trinajstić information content (AvgIpc) is 2.02. The normalized spacial score (nSPS) is 11.2. The molecular weight excluding hydrogens is 204 g/mol. The number of benzene rings is 1. The molecule has 0 aromatic heterocycles. The lowest BCUT2D eigenvalue weighted by Gasteiger charge is -2.04. The second-order valence-corrected chi connectivity index (χ2v) is 4.93. The average molecular weight is 213 g/mol. The Balaban J connectivity index is 3.05. The summed E-state index contributed by atoms with van der Waals surface area (Å²) in [6.07, 6.45) is 0. The molecule has 0 heterocycles. The van der Waals surface area contributed by atoms with Gasteiger partial charge >= 0.3 is 0 Å². The van der Waals surface area contributed by atoms with Gasteiger partial charge in [-0.3, -0.25) is 0 Å². The highest BCUT2D eigenvalue weighted by atomic mass is 32.2. The number of sulfone groups is 1. The van der Waals surface area contributed by atoms with Crippen molar-refractivity contribution >= 4 is 15.8 Å². The molecule has 0 unspecified atom stereocenters. The first-order chi connectivity index (χ1) is 6.42. The number of hydrogen-bond acceptors (Lipinski definition) is 4. The predicted molar refractivity (Wildman–Crippen MR) is 48.2 cm³/mol. The maximum atomic E-state index is 11.3. The molecule has 0 aliphatic carbocycles. The van der Waals surface area contributed by atoms with Crippen LogP contribution in [0.15, 0.2) is 29.2 Å². The van der Waals surface area contributed by atoms with Crippen LogP contribution in [-0.2, 0) is 14.6 Å². The summed E-state index contributed by atoms with van der Waals surface area (Å²) in [7, 11) is -3.74. The SMILES string of the molecule is Cc1ccc(S(=O)(=O)CC(=O)[O-])cc1. The summed E-state index contributed by atoms with van der Waals surface area (Å²) < 4.78 is 22.7. The van der Waals surface area contributed by atoms with Gasteiger partial charge in [0.15, 0.2) is 9.84 Å². The Labute approximate surface area is 82.1 Å². The van der Waals surface area contributed by atoms with Gasteiger partial charge in [0.25, 0.3) is 0 Å². The number of rotatable bonds is 3. The summed E-state index contributed by atoms with van der Waals surface area (Å²) in [5.41, 5.74) is 0.914. The van der Waals surface area contributed by atoms with E-state index >= 15 is 0 Å². The van der Waals surface area contributed by atoms with Crippen molar-refractivity contribution in [1.29, 1.82) is 0 Å². The Hall–Kier alpha value is -1.36. The molecule has 0 aliphatic heterocycles. The van der Waals surface area contributed by atoms with Crippen LogP contribution >= 0.6 is 0 Å². The number of carboxylic acid groups (broad SMARTS) is 1. The smallest absolute Gasteiger partial charge is 0.183 e. The Morgan fingerprint density at radius 1 is 1.29 bits per heavy atom. The molecule has 0 saturated carbocycles. The highest BCUT2D eigenvalue weighted by Crippen LogP contribution is 2.11. The number of carbonyl (C=O) groups excluding carboxylic acids is 1. The molecule has 4 nitrogen and oxygen atoms in total. The number of hydrogen-bond donors (Lipinski definition) is 0. The maximum Gasteiger partial charge on any atom is 0.183 e. The molecule has 1 aromatic carbocycles. The summed E-state index contributed by atoms with van der Waals surface area (Å²) >= 11 is 0. The van der Waals surface area contributed by atoms with E-state index in [0.29, 0.717) is 0 Å². The molecule has 1 rings (SSSR count). The van der Waals surface area contributed by atoms with Gasteiger partial charge in [-0.2, -0.15) is 0 Å². The molecule has 0 amide bonds. The molecule has 0 aliphatic rings. The van der Waals surface area contributed by atoms with E-state index < -0.39 is 21.6 Å².